The number of benzene rings is 2. The average molecular weight is 341 g/mol. The van der Waals surface area contributed by atoms with Gasteiger partial charge in [0, 0.05) is 16.5 Å². The Morgan fingerprint density at radius 1 is 1.20 bits per heavy atom. The first-order valence-electron chi connectivity index (χ1n) is 5.97. The molecule has 0 fully saturated rings. The molecule has 0 atom stereocenters. The van der Waals surface area contributed by atoms with Crippen LogP contribution in [-0.4, -0.2) is 5.78 Å². The van der Waals surface area contributed by atoms with Crippen molar-refractivity contribution in [3.05, 3.63) is 58.1 Å². The van der Waals surface area contributed by atoms with Crippen LogP contribution in [0.25, 0.3) is 0 Å². The third-order valence-corrected chi connectivity index (χ3v) is 3.14. The molecule has 0 saturated carbocycles. The molecule has 0 aliphatic rings. The van der Waals surface area contributed by atoms with Crippen LogP contribution in [0.3, 0.4) is 0 Å². The van der Waals surface area contributed by atoms with Crippen LogP contribution in [0.5, 0.6) is 11.5 Å². The lowest BCUT2D eigenvalue weighted by Crippen LogP contribution is -1.96. The average Bonchev–Trinajstić information content (AvgIpc) is 2.44. The second-order valence-corrected chi connectivity index (χ2v) is 5.02. The maximum Gasteiger partial charge on any atom is 0.201 e. The number of carbonyl (C=O) groups excluding carboxylic acids is 1. The number of rotatable bonds is 4. The van der Waals surface area contributed by atoms with Crippen LogP contribution < -0.4 is 4.74 Å². The van der Waals surface area contributed by atoms with E-state index in [9.17, 15) is 13.6 Å². The standard InChI is InChI=1S/C15H11BrF2O2/c1-2-13(19)9-3-5-11(6-4-9)20-14-8-10(16)7-12(17)15(14)18/h3-8H,2H2,1H3. The quantitative estimate of drug-likeness (QED) is 0.570. The molecule has 20 heavy (non-hydrogen) atoms. The zero-order valence-corrected chi connectivity index (χ0v) is 12.2. The molecule has 0 aliphatic heterocycles. The van der Waals surface area contributed by atoms with Gasteiger partial charge in [0.1, 0.15) is 5.75 Å². The molecule has 0 aliphatic carbocycles. The molecule has 0 N–H and O–H groups in total. The third-order valence-electron chi connectivity index (χ3n) is 2.68. The number of hydrogen-bond donors (Lipinski definition) is 0. The Bertz CT molecular complexity index is 639. The van der Waals surface area contributed by atoms with E-state index in [2.05, 4.69) is 15.9 Å². The number of carbonyl (C=O) groups is 1. The molecule has 0 radical (unpaired) electrons. The SMILES string of the molecule is CCC(=O)c1ccc(Oc2cc(Br)cc(F)c2F)cc1. The summed E-state index contributed by atoms with van der Waals surface area (Å²) >= 11 is 3.07. The number of halogens is 3. The summed E-state index contributed by atoms with van der Waals surface area (Å²) in [6.07, 6.45) is 0.408. The molecule has 2 aromatic rings. The predicted molar refractivity (Wildman–Crippen MR) is 75.2 cm³/mol. The van der Waals surface area contributed by atoms with Crippen molar-refractivity contribution in [2.75, 3.05) is 0 Å². The Morgan fingerprint density at radius 3 is 2.45 bits per heavy atom. The zero-order valence-electron chi connectivity index (χ0n) is 10.6. The second kappa shape index (κ2) is 6.13. The highest BCUT2D eigenvalue weighted by Gasteiger charge is 2.12. The van der Waals surface area contributed by atoms with E-state index in [-0.39, 0.29) is 11.5 Å². The van der Waals surface area contributed by atoms with E-state index in [0.717, 1.165) is 6.07 Å². The topological polar surface area (TPSA) is 26.3 Å². The highest BCUT2D eigenvalue weighted by atomic mass is 79.9. The van der Waals surface area contributed by atoms with Gasteiger partial charge in [-0.3, -0.25) is 4.79 Å². The molecule has 104 valence electrons. The van der Waals surface area contributed by atoms with Crippen LogP contribution in [-0.2, 0) is 0 Å². The molecule has 0 spiro atoms. The smallest absolute Gasteiger partial charge is 0.201 e. The van der Waals surface area contributed by atoms with E-state index in [0.29, 0.717) is 22.2 Å². The molecule has 5 heteroatoms. The minimum absolute atomic E-state index is 0.0104. The maximum absolute atomic E-state index is 13.6. The van der Waals surface area contributed by atoms with E-state index < -0.39 is 11.6 Å². The minimum Gasteiger partial charge on any atom is -0.454 e. The first-order chi connectivity index (χ1) is 9.51. The van der Waals surface area contributed by atoms with Crippen LogP contribution >= 0.6 is 15.9 Å². The van der Waals surface area contributed by atoms with Gasteiger partial charge >= 0.3 is 0 Å². The summed E-state index contributed by atoms with van der Waals surface area (Å²) in [5, 5.41) is 0. The van der Waals surface area contributed by atoms with Crippen LogP contribution in [0.15, 0.2) is 40.9 Å². The van der Waals surface area contributed by atoms with E-state index in [1.54, 1.807) is 31.2 Å². The summed E-state index contributed by atoms with van der Waals surface area (Å²) in [4.78, 5) is 11.5. The van der Waals surface area contributed by atoms with Gasteiger partial charge in [0.2, 0.25) is 5.82 Å². The normalized spacial score (nSPS) is 10.4. The molecule has 2 aromatic carbocycles. The third kappa shape index (κ3) is 3.22. The Morgan fingerprint density at radius 2 is 1.85 bits per heavy atom. The van der Waals surface area contributed by atoms with Gasteiger partial charge in [0.15, 0.2) is 17.3 Å². The Hall–Kier alpha value is -1.75. The number of ether oxygens (including phenoxy) is 1. The number of Topliss-reactive ketones (excluding diaryl/α,β-unsaturated/α-hetero) is 1. The molecular formula is C15H11BrF2O2. The molecule has 0 heterocycles. The highest BCUT2D eigenvalue weighted by molar-refractivity contribution is 9.10. The van der Waals surface area contributed by atoms with Gasteiger partial charge in [0.25, 0.3) is 0 Å². The predicted octanol–water partition coefficient (Wildman–Crippen LogP) is 5.11. The fourth-order valence-corrected chi connectivity index (χ4v) is 2.06. The van der Waals surface area contributed by atoms with E-state index in [1.165, 1.54) is 6.07 Å². The largest absolute Gasteiger partial charge is 0.454 e. The van der Waals surface area contributed by atoms with Crippen molar-refractivity contribution in [2.24, 2.45) is 0 Å². The molecule has 2 nitrogen and oxygen atoms in total. The van der Waals surface area contributed by atoms with Gasteiger partial charge in [-0.25, -0.2) is 4.39 Å². The maximum atomic E-state index is 13.6. The van der Waals surface area contributed by atoms with Crippen molar-refractivity contribution in [3.8, 4) is 11.5 Å². The van der Waals surface area contributed by atoms with E-state index in [4.69, 9.17) is 4.74 Å². The fourth-order valence-electron chi connectivity index (χ4n) is 1.65. The summed E-state index contributed by atoms with van der Waals surface area (Å²) in [7, 11) is 0. The van der Waals surface area contributed by atoms with Crippen molar-refractivity contribution >= 4 is 21.7 Å². The van der Waals surface area contributed by atoms with Crippen molar-refractivity contribution in [1.82, 2.24) is 0 Å². The highest BCUT2D eigenvalue weighted by Crippen LogP contribution is 2.29. The Kier molecular flexibility index (Phi) is 4.49. The lowest BCUT2D eigenvalue weighted by atomic mass is 10.1. The molecular weight excluding hydrogens is 330 g/mol. The number of hydrogen-bond acceptors (Lipinski definition) is 2. The molecule has 0 bridgehead atoms. The fraction of sp³-hybridized carbons (Fsp3) is 0.133. The van der Waals surface area contributed by atoms with Crippen molar-refractivity contribution in [3.63, 3.8) is 0 Å². The van der Waals surface area contributed by atoms with Crippen LogP contribution in [0.4, 0.5) is 8.78 Å². The van der Waals surface area contributed by atoms with Crippen molar-refractivity contribution < 1.29 is 18.3 Å². The van der Waals surface area contributed by atoms with Crippen molar-refractivity contribution in [2.45, 2.75) is 13.3 Å². The molecule has 0 amide bonds. The first-order valence-corrected chi connectivity index (χ1v) is 6.76. The van der Waals surface area contributed by atoms with Gasteiger partial charge < -0.3 is 4.74 Å². The molecule has 0 aromatic heterocycles. The summed E-state index contributed by atoms with van der Waals surface area (Å²) in [6.45, 7) is 1.77. The molecule has 0 saturated heterocycles. The van der Waals surface area contributed by atoms with Crippen LogP contribution in [0.1, 0.15) is 23.7 Å². The van der Waals surface area contributed by atoms with Crippen LogP contribution in [0.2, 0.25) is 0 Å². The summed E-state index contributed by atoms with van der Waals surface area (Å²) < 4.78 is 32.4. The van der Waals surface area contributed by atoms with Gasteiger partial charge in [-0.1, -0.05) is 22.9 Å². The molecule has 2 rings (SSSR count). The van der Waals surface area contributed by atoms with Gasteiger partial charge in [0.05, 0.1) is 0 Å². The van der Waals surface area contributed by atoms with Gasteiger partial charge in [-0.15, -0.1) is 0 Å². The van der Waals surface area contributed by atoms with Crippen molar-refractivity contribution in [1.29, 1.82) is 0 Å². The summed E-state index contributed by atoms with van der Waals surface area (Å²) in [5.74, 6) is -1.93. The summed E-state index contributed by atoms with van der Waals surface area (Å²) in [5.41, 5.74) is 0.556. The minimum atomic E-state index is -1.05. The number of ketones is 1. The lowest BCUT2D eigenvalue weighted by Gasteiger charge is -2.08. The Labute approximate surface area is 123 Å². The van der Waals surface area contributed by atoms with Crippen LogP contribution in [0, 0.1) is 11.6 Å². The molecule has 0 unspecified atom stereocenters. The van der Waals surface area contributed by atoms with Gasteiger partial charge in [-0.05, 0) is 36.4 Å². The first kappa shape index (κ1) is 14.7. The lowest BCUT2D eigenvalue weighted by molar-refractivity contribution is 0.0988. The Balaban J connectivity index is 2.24. The van der Waals surface area contributed by atoms with E-state index >= 15 is 0 Å². The monoisotopic (exact) mass is 340 g/mol. The van der Waals surface area contributed by atoms with Gasteiger partial charge in [-0.2, -0.15) is 4.39 Å². The van der Waals surface area contributed by atoms with E-state index in [1.807, 2.05) is 0 Å². The summed E-state index contributed by atoms with van der Waals surface area (Å²) in [6, 6.07) is 8.62. The second-order valence-electron chi connectivity index (χ2n) is 4.10. The zero-order chi connectivity index (χ0) is 14.7.